The molecular weight excluding hydrogens is 272 g/mol. The van der Waals surface area contributed by atoms with Gasteiger partial charge >= 0.3 is 6.18 Å². The van der Waals surface area contributed by atoms with Crippen molar-refractivity contribution in [2.75, 3.05) is 0 Å². The zero-order chi connectivity index (χ0) is 12.6. The summed E-state index contributed by atoms with van der Waals surface area (Å²) >= 11 is 0. The third-order valence-corrected chi connectivity index (χ3v) is 2.68. The van der Waals surface area contributed by atoms with Crippen molar-refractivity contribution in [3.8, 4) is 0 Å². The van der Waals surface area contributed by atoms with E-state index in [1.54, 1.807) is 0 Å². The van der Waals surface area contributed by atoms with Gasteiger partial charge in [-0.2, -0.15) is 13.2 Å². The quantitative estimate of drug-likeness (QED) is 0.615. The molecule has 0 aliphatic heterocycles. The fraction of sp³-hybridized carbons (Fsp3) is 0.250. The summed E-state index contributed by atoms with van der Waals surface area (Å²) in [6.07, 6.45) is -4.75. The maximum Gasteiger partial charge on any atom is 0.416 e. The van der Waals surface area contributed by atoms with Crippen molar-refractivity contribution in [1.29, 1.82) is 0 Å². The molecule has 0 spiro atoms. The lowest BCUT2D eigenvalue weighted by atomic mass is 10.1. The largest absolute Gasteiger partial charge is 0.416 e. The molecule has 90 valence electrons. The Hall–Kier alpha value is -0.820. The zero-order valence-electron chi connectivity index (χ0n) is 7.55. The molecule has 8 heteroatoms. The summed E-state index contributed by atoms with van der Waals surface area (Å²) < 4.78 is 71.2. The average molecular weight is 277 g/mol. The van der Waals surface area contributed by atoms with Gasteiger partial charge in [-0.05, 0) is 23.8 Å². The molecule has 0 aliphatic carbocycles. The first-order chi connectivity index (χ1) is 7.09. The van der Waals surface area contributed by atoms with E-state index in [9.17, 15) is 26.0 Å². The van der Waals surface area contributed by atoms with Gasteiger partial charge in [-0.25, -0.2) is 12.8 Å². The fourth-order valence-corrected chi connectivity index (χ4v) is 2.11. The molecule has 0 N–H and O–H groups in total. The van der Waals surface area contributed by atoms with Gasteiger partial charge in [0.1, 0.15) is 5.82 Å². The van der Waals surface area contributed by atoms with Crippen LogP contribution < -0.4 is 0 Å². The van der Waals surface area contributed by atoms with Crippen LogP contribution in [0.2, 0.25) is 0 Å². The second-order valence-electron chi connectivity index (χ2n) is 2.98. The number of benzene rings is 1. The van der Waals surface area contributed by atoms with Crippen molar-refractivity contribution >= 4 is 19.7 Å². The molecule has 0 amide bonds. The highest BCUT2D eigenvalue weighted by molar-refractivity contribution is 8.13. The standard InChI is InChI=1S/C8H5ClF4O2S/c9-16(14,15)4-5-3-6(10)1-2-7(5)8(11,12)13/h1-3H,4H2. The second kappa shape index (κ2) is 4.21. The summed E-state index contributed by atoms with van der Waals surface area (Å²) in [4.78, 5) is 0. The molecule has 1 aromatic carbocycles. The van der Waals surface area contributed by atoms with Gasteiger partial charge in [0, 0.05) is 10.7 Å². The molecule has 0 unspecified atom stereocenters. The lowest BCUT2D eigenvalue weighted by Crippen LogP contribution is -2.11. The summed E-state index contributed by atoms with van der Waals surface area (Å²) in [5, 5.41) is 0. The number of hydrogen-bond donors (Lipinski definition) is 0. The van der Waals surface area contributed by atoms with Crippen LogP contribution >= 0.6 is 10.7 Å². The van der Waals surface area contributed by atoms with Crippen LogP contribution in [0.15, 0.2) is 18.2 Å². The Morgan fingerprint density at radius 1 is 1.25 bits per heavy atom. The molecule has 2 nitrogen and oxygen atoms in total. The minimum atomic E-state index is -4.75. The van der Waals surface area contributed by atoms with Gasteiger partial charge in [0.2, 0.25) is 9.05 Å². The summed E-state index contributed by atoms with van der Waals surface area (Å²) in [6, 6.07) is 1.59. The molecule has 1 rings (SSSR count). The van der Waals surface area contributed by atoms with Crippen LogP contribution in [0, 0.1) is 5.82 Å². The van der Waals surface area contributed by atoms with Gasteiger partial charge < -0.3 is 0 Å². The highest BCUT2D eigenvalue weighted by Gasteiger charge is 2.34. The van der Waals surface area contributed by atoms with Gasteiger partial charge in [-0.1, -0.05) is 0 Å². The maximum absolute atomic E-state index is 12.7. The van der Waals surface area contributed by atoms with E-state index in [0.29, 0.717) is 18.2 Å². The fourth-order valence-electron chi connectivity index (χ4n) is 1.14. The third-order valence-electron chi connectivity index (χ3n) is 1.70. The molecule has 0 fully saturated rings. The minimum Gasteiger partial charge on any atom is -0.212 e. The van der Waals surface area contributed by atoms with E-state index in [0.717, 1.165) is 0 Å². The average Bonchev–Trinajstić information content (AvgIpc) is 1.97. The van der Waals surface area contributed by atoms with E-state index in [4.69, 9.17) is 10.7 Å². The van der Waals surface area contributed by atoms with Gasteiger partial charge in [0.05, 0.1) is 11.3 Å². The van der Waals surface area contributed by atoms with Crippen molar-refractivity contribution in [2.45, 2.75) is 11.9 Å². The molecular formula is C8H5ClF4O2S. The molecule has 0 saturated heterocycles. The van der Waals surface area contributed by atoms with Crippen LogP contribution in [0.25, 0.3) is 0 Å². The number of halogens is 5. The van der Waals surface area contributed by atoms with E-state index >= 15 is 0 Å². The Labute approximate surface area is 93.3 Å². The van der Waals surface area contributed by atoms with E-state index in [1.807, 2.05) is 0 Å². The van der Waals surface area contributed by atoms with Crippen molar-refractivity contribution < 1.29 is 26.0 Å². The predicted molar refractivity (Wildman–Crippen MR) is 49.9 cm³/mol. The van der Waals surface area contributed by atoms with Crippen molar-refractivity contribution in [3.05, 3.63) is 35.1 Å². The molecule has 0 atom stereocenters. The Kier molecular flexibility index (Phi) is 3.49. The van der Waals surface area contributed by atoms with Gasteiger partial charge in [-0.3, -0.25) is 0 Å². The van der Waals surface area contributed by atoms with E-state index in [2.05, 4.69) is 0 Å². The highest BCUT2D eigenvalue weighted by atomic mass is 35.7. The summed E-state index contributed by atoms with van der Waals surface area (Å²) in [5.41, 5.74) is -1.92. The Bertz CT molecular complexity index is 495. The number of alkyl halides is 3. The molecule has 16 heavy (non-hydrogen) atoms. The van der Waals surface area contributed by atoms with E-state index < -0.39 is 37.9 Å². The first-order valence-corrected chi connectivity index (χ1v) is 6.35. The van der Waals surface area contributed by atoms with E-state index in [-0.39, 0.29) is 0 Å². The normalized spacial score (nSPS) is 12.8. The lowest BCUT2D eigenvalue weighted by Gasteiger charge is -2.11. The van der Waals surface area contributed by atoms with E-state index in [1.165, 1.54) is 0 Å². The molecule has 1 aromatic rings. The highest BCUT2D eigenvalue weighted by Crippen LogP contribution is 2.33. The van der Waals surface area contributed by atoms with Crippen LogP contribution in [0.5, 0.6) is 0 Å². The first kappa shape index (κ1) is 13.2. The topological polar surface area (TPSA) is 34.1 Å². The number of hydrogen-bond acceptors (Lipinski definition) is 2. The monoisotopic (exact) mass is 276 g/mol. The SMILES string of the molecule is O=S(=O)(Cl)Cc1cc(F)ccc1C(F)(F)F. The maximum atomic E-state index is 12.7. The minimum absolute atomic E-state index is 0.479. The van der Waals surface area contributed by atoms with Crippen molar-refractivity contribution in [3.63, 3.8) is 0 Å². The summed E-state index contributed by atoms with van der Waals surface area (Å²) in [5.74, 6) is -2.02. The van der Waals surface area contributed by atoms with Crippen LogP contribution in [0.1, 0.15) is 11.1 Å². The molecule has 0 radical (unpaired) electrons. The predicted octanol–water partition coefficient (Wildman–Crippen LogP) is 2.91. The lowest BCUT2D eigenvalue weighted by molar-refractivity contribution is -0.138. The summed E-state index contributed by atoms with van der Waals surface area (Å²) in [7, 11) is 0.653. The molecule has 0 heterocycles. The van der Waals surface area contributed by atoms with Crippen molar-refractivity contribution in [1.82, 2.24) is 0 Å². The van der Waals surface area contributed by atoms with Gasteiger partial charge in [-0.15, -0.1) is 0 Å². The molecule has 0 bridgehead atoms. The van der Waals surface area contributed by atoms with Crippen LogP contribution in [0.4, 0.5) is 17.6 Å². The molecule has 0 aromatic heterocycles. The van der Waals surface area contributed by atoms with Gasteiger partial charge in [0.25, 0.3) is 0 Å². The second-order valence-corrected chi connectivity index (χ2v) is 5.76. The molecule has 0 aliphatic rings. The van der Waals surface area contributed by atoms with Crippen LogP contribution in [-0.4, -0.2) is 8.42 Å². The Morgan fingerprint density at radius 2 is 1.81 bits per heavy atom. The summed E-state index contributed by atoms with van der Waals surface area (Å²) in [6.45, 7) is 0. The molecule has 0 saturated carbocycles. The zero-order valence-corrected chi connectivity index (χ0v) is 9.13. The number of rotatable bonds is 2. The smallest absolute Gasteiger partial charge is 0.212 e. The van der Waals surface area contributed by atoms with Crippen LogP contribution in [-0.2, 0) is 21.0 Å². The third kappa shape index (κ3) is 3.64. The Balaban J connectivity index is 3.30. The first-order valence-electron chi connectivity index (χ1n) is 3.87. The van der Waals surface area contributed by atoms with Crippen molar-refractivity contribution in [2.24, 2.45) is 0 Å². The van der Waals surface area contributed by atoms with Gasteiger partial charge in [0.15, 0.2) is 0 Å². The van der Waals surface area contributed by atoms with Crippen LogP contribution in [0.3, 0.4) is 0 Å². The Morgan fingerprint density at radius 3 is 2.25 bits per heavy atom.